The van der Waals surface area contributed by atoms with Crippen LogP contribution in [-0.2, 0) is 23.8 Å². The number of ether oxygens (including phenoxy) is 3. The molecule has 3 aliphatic rings. The van der Waals surface area contributed by atoms with Gasteiger partial charge in [-0.1, -0.05) is 19.1 Å². The number of morpholine rings is 1. The van der Waals surface area contributed by atoms with E-state index in [0.717, 1.165) is 6.42 Å². The molecular formula is C32H49FN6O6. The van der Waals surface area contributed by atoms with Crippen LogP contribution in [0.25, 0.3) is 0 Å². The van der Waals surface area contributed by atoms with Gasteiger partial charge in [0.05, 0.1) is 36.6 Å². The van der Waals surface area contributed by atoms with E-state index in [1.54, 1.807) is 65.8 Å². The lowest BCUT2D eigenvalue weighted by Crippen LogP contribution is -2.58. The van der Waals surface area contributed by atoms with Gasteiger partial charge in [-0.2, -0.15) is 0 Å². The number of piperidine rings is 1. The standard InChI is InChI=1S/C32H49FN6O6/c1-6-14-38(30(41)28-27(13-9-10-17-43-5)39(35-34-28)26-12-8-7-11-25(26)33)24-20-23(29(40)36-15-18-44-19-16-36)21-37(22-24)31(42)45-32(2,3)4/h7-8,11-12,23-24,34-35H,6,9-10,13-22H2,1-5H3/t23-,24+/m1/s1. The Hall–Kier alpha value is -3.42. The second kappa shape index (κ2) is 15.7. The lowest BCUT2D eigenvalue weighted by molar-refractivity contribution is -0.144. The van der Waals surface area contributed by atoms with E-state index < -0.39 is 29.5 Å². The number of amides is 3. The maximum absolute atomic E-state index is 14.9. The number of hydrazine groups is 2. The normalized spacial score (nSPS) is 20.7. The summed E-state index contributed by atoms with van der Waals surface area (Å²) in [5, 5.41) is 1.58. The van der Waals surface area contributed by atoms with Crippen LogP contribution in [0.1, 0.15) is 59.8 Å². The number of hydrogen-bond acceptors (Lipinski definition) is 9. The Balaban J connectivity index is 1.66. The van der Waals surface area contributed by atoms with Gasteiger partial charge in [-0.15, -0.1) is 5.53 Å². The summed E-state index contributed by atoms with van der Waals surface area (Å²) >= 11 is 0. The summed E-state index contributed by atoms with van der Waals surface area (Å²) < 4.78 is 31.3. The molecule has 0 radical (unpaired) electrons. The van der Waals surface area contributed by atoms with Gasteiger partial charge in [0.1, 0.15) is 17.1 Å². The number of anilines is 1. The summed E-state index contributed by atoms with van der Waals surface area (Å²) in [6, 6.07) is 5.94. The van der Waals surface area contributed by atoms with Crippen molar-refractivity contribution in [3.8, 4) is 0 Å². The number of halogens is 1. The first-order valence-electron chi connectivity index (χ1n) is 16.0. The third-order valence-corrected chi connectivity index (χ3v) is 8.09. The number of unbranched alkanes of at least 4 members (excludes halogenated alkanes) is 1. The molecule has 4 rings (SSSR count). The Labute approximate surface area is 265 Å². The van der Waals surface area contributed by atoms with Gasteiger partial charge in [-0.25, -0.2) is 9.18 Å². The van der Waals surface area contributed by atoms with E-state index in [0.29, 0.717) is 82.2 Å². The fourth-order valence-electron chi connectivity index (χ4n) is 5.98. The summed E-state index contributed by atoms with van der Waals surface area (Å²) in [4.78, 5) is 46.6. The topological polar surface area (TPSA) is 116 Å². The van der Waals surface area contributed by atoms with E-state index in [2.05, 4.69) is 11.0 Å². The summed E-state index contributed by atoms with van der Waals surface area (Å²) in [5.41, 5.74) is 6.52. The third kappa shape index (κ3) is 8.86. The average molecular weight is 633 g/mol. The van der Waals surface area contributed by atoms with Crippen molar-refractivity contribution in [2.75, 3.05) is 64.7 Å². The minimum atomic E-state index is -0.717. The van der Waals surface area contributed by atoms with Crippen molar-refractivity contribution in [1.29, 1.82) is 0 Å². The molecule has 0 aliphatic carbocycles. The number of carbonyl (C=O) groups excluding carboxylic acids is 3. The largest absolute Gasteiger partial charge is 0.444 e. The predicted molar refractivity (Wildman–Crippen MR) is 167 cm³/mol. The number of allylic oxidation sites excluding steroid dienone is 1. The smallest absolute Gasteiger partial charge is 0.410 e. The number of nitrogens with zero attached hydrogens (tertiary/aromatic N) is 4. The SMILES string of the molecule is CCCN(C(=O)C1=C(CCCCOC)N(c2ccccc2F)NN1)[C@H]1C[C@@H](C(=O)N2CCOCC2)CN(C(=O)OC(C)(C)C)C1. The lowest BCUT2D eigenvalue weighted by Gasteiger charge is -2.43. The van der Waals surface area contributed by atoms with Gasteiger partial charge < -0.3 is 28.9 Å². The molecule has 13 heteroatoms. The average Bonchev–Trinajstić information content (AvgIpc) is 3.44. The Bertz CT molecular complexity index is 1220. The number of methoxy groups -OCH3 is 1. The van der Waals surface area contributed by atoms with Crippen molar-refractivity contribution in [1.82, 2.24) is 25.7 Å². The van der Waals surface area contributed by atoms with Crippen LogP contribution in [0.3, 0.4) is 0 Å². The number of benzene rings is 1. The summed E-state index contributed by atoms with van der Waals surface area (Å²) in [6.07, 6.45) is 2.53. The Kier molecular flexibility index (Phi) is 12.0. The van der Waals surface area contributed by atoms with Gasteiger partial charge in [-0.05, 0) is 65.0 Å². The monoisotopic (exact) mass is 632 g/mol. The molecule has 1 aromatic rings. The zero-order chi connectivity index (χ0) is 32.6. The molecule has 3 heterocycles. The van der Waals surface area contributed by atoms with Crippen LogP contribution in [0.2, 0.25) is 0 Å². The highest BCUT2D eigenvalue weighted by Crippen LogP contribution is 2.31. The minimum absolute atomic E-state index is 0.0510. The van der Waals surface area contributed by atoms with Gasteiger partial charge in [-0.3, -0.25) is 20.0 Å². The van der Waals surface area contributed by atoms with Crippen molar-refractivity contribution < 1.29 is 33.0 Å². The number of para-hydroxylation sites is 1. The molecule has 2 saturated heterocycles. The summed E-state index contributed by atoms with van der Waals surface area (Å²) in [6.45, 7) is 10.7. The van der Waals surface area contributed by atoms with Crippen molar-refractivity contribution in [2.24, 2.45) is 5.92 Å². The molecule has 2 atom stereocenters. The third-order valence-electron chi connectivity index (χ3n) is 8.09. The second-order valence-electron chi connectivity index (χ2n) is 12.7. The molecule has 1 aromatic carbocycles. The Morgan fingerprint density at radius 2 is 1.82 bits per heavy atom. The molecule has 3 amide bonds. The van der Waals surface area contributed by atoms with E-state index in [1.165, 1.54) is 6.07 Å². The molecule has 0 unspecified atom stereocenters. The van der Waals surface area contributed by atoms with Crippen molar-refractivity contribution >= 4 is 23.6 Å². The maximum atomic E-state index is 14.9. The molecule has 3 aliphatic heterocycles. The van der Waals surface area contributed by atoms with Crippen LogP contribution in [0.4, 0.5) is 14.9 Å². The summed E-state index contributed by atoms with van der Waals surface area (Å²) in [5.74, 6) is -1.26. The van der Waals surface area contributed by atoms with Crippen LogP contribution in [-0.4, -0.2) is 104 Å². The van der Waals surface area contributed by atoms with E-state index in [9.17, 15) is 18.8 Å². The van der Waals surface area contributed by atoms with E-state index >= 15 is 0 Å². The first kappa shape index (κ1) is 34.5. The summed E-state index contributed by atoms with van der Waals surface area (Å²) in [7, 11) is 1.64. The van der Waals surface area contributed by atoms with Gasteiger partial charge in [0, 0.05) is 46.4 Å². The van der Waals surface area contributed by atoms with Crippen LogP contribution in [0.5, 0.6) is 0 Å². The van der Waals surface area contributed by atoms with Gasteiger partial charge in [0.25, 0.3) is 5.91 Å². The first-order chi connectivity index (χ1) is 21.5. The Morgan fingerprint density at radius 1 is 1.09 bits per heavy atom. The number of hydrogen-bond donors (Lipinski definition) is 2. The van der Waals surface area contributed by atoms with Crippen LogP contribution in [0, 0.1) is 11.7 Å². The zero-order valence-electron chi connectivity index (χ0n) is 27.3. The molecule has 250 valence electrons. The minimum Gasteiger partial charge on any atom is -0.444 e. The van der Waals surface area contributed by atoms with Crippen molar-refractivity contribution in [3.05, 3.63) is 41.5 Å². The van der Waals surface area contributed by atoms with E-state index in [-0.39, 0.29) is 24.9 Å². The van der Waals surface area contributed by atoms with Crippen LogP contribution >= 0.6 is 0 Å². The number of likely N-dealkylation sites (tertiary alicyclic amines) is 1. The highest BCUT2D eigenvalue weighted by atomic mass is 19.1. The second-order valence-corrected chi connectivity index (χ2v) is 12.7. The molecule has 0 bridgehead atoms. The van der Waals surface area contributed by atoms with E-state index in [4.69, 9.17) is 14.2 Å². The van der Waals surface area contributed by atoms with Crippen LogP contribution < -0.4 is 16.0 Å². The highest BCUT2D eigenvalue weighted by Gasteiger charge is 2.42. The molecule has 2 fully saturated rings. The molecule has 2 N–H and O–H groups in total. The zero-order valence-corrected chi connectivity index (χ0v) is 27.3. The van der Waals surface area contributed by atoms with Crippen molar-refractivity contribution in [2.45, 2.75) is 71.4 Å². The first-order valence-corrected chi connectivity index (χ1v) is 16.0. The maximum Gasteiger partial charge on any atom is 0.410 e. The number of carbonyl (C=O) groups is 3. The van der Waals surface area contributed by atoms with Gasteiger partial charge in [0.15, 0.2) is 0 Å². The highest BCUT2D eigenvalue weighted by molar-refractivity contribution is 5.95. The molecule has 45 heavy (non-hydrogen) atoms. The molecule has 0 saturated carbocycles. The molecule has 12 nitrogen and oxygen atoms in total. The molecule has 0 aromatic heterocycles. The predicted octanol–water partition coefficient (Wildman–Crippen LogP) is 3.41. The van der Waals surface area contributed by atoms with Crippen molar-refractivity contribution in [3.63, 3.8) is 0 Å². The fraction of sp³-hybridized carbons (Fsp3) is 0.656. The van der Waals surface area contributed by atoms with E-state index in [1.807, 2.05) is 6.92 Å². The molecule has 0 spiro atoms. The lowest BCUT2D eigenvalue weighted by atomic mass is 9.91. The van der Waals surface area contributed by atoms with Crippen LogP contribution in [0.15, 0.2) is 35.7 Å². The molecular weight excluding hydrogens is 583 g/mol. The van der Waals surface area contributed by atoms with Gasteiger partial charge in [0.2, 0.25) is 5.91 Å². The van der Waals surface area contributed by atoms with Gasteiger partial charge >= 0.3 is 6.09 Å². The quantitative estimate of drug-likeness (QED) is 0.354. The Morgan fingerprint density at radius 3 is 2.49 bits per heavy atom. The fourth-order valence-corrected chi connectivity index (χ4v) is 5.98. The number of nitrogens with one attached hydrogen (secondary N) is 2. The number of rotatable bonds is 11.